The van der Waals surface area contributed by atoms with Crippen molar-refractivity contribution in [1.29, 1.82) is 0 Å². The summed E-state index contributed by atoms with van der Waals surface area (Å²) in [5, 5.41) is 11.9. The van der Waals surface area contributed by atoms with Gasteiger partial charge in [0.1, 0.15) is 13.2 Å². The molecule has 0 saturated heterocycles. The van der Waals surface area contributed by atoms with E-state index in [1.54, 1.807) is 0 Å². The molecule has 572 valence electrons. The van der Waals surface area contributed by atoms with Crippen LogP contribution in [0.25, 0.3) is 0 Å². The number of carbonyl (C=O) groups is 3. The molecule has 0 radical (unpaired) electrons. The van der Waals surface area contributed by atoms with Gasteiger partial charge in [0.05, 0.1) is 40.3 Å². The first-order valence-corrected chi connectivity index (χ1v) is 40.9. The Bertz CT molecular complexity index is 2330. The molecule has 0 saturated carbocycles. The number of hydrogen-bond donors (Lipinski definition) is 0. The molecule has 0 rings (SSSR count). The van der Waals surface area contributed by atoms with Gasteiger partial charge in [-0.1, -0.05) is 357 Å². The molecule has 0 bridgehead atoms. The Morgan fingerprint density at radius 3 is 0.792 bits per heavy atom. The van der Waals surface area contributed by atoms with Gasteiger partial charge in [-0.2, -0.15) is 0 Å². The van der Waals surface area contributed by atoms with Gasteiger partial charge in [-0.25, -0.2) is 0 Å². The molecule has 0 N–H and O–H groups in total. The summed E-state index contributed by atoms with van der Waals surface area (Å²) in [6.07, 6.45) is 119. The number of carboxylic acid groups (broad SMARTS) is 1. The van der Waals surface area contributed by atoms with Crippen LogP contribution < -0.4 is 5.11 Å². The van der Waals surface area contributed by atoms with E-state index in [0.717, 1.165) is 141 Å². The van der Waals surface area contributed by atoms with Crippen LogP contribution in [0.4, 0.5) is 0 Å². The first kappa shape index (κ1) is 95.4. The summed E-state index contributed by atoms with van der Waals surface area (Å²) >= 11 is 0. The number of carbonyl (C=O) groups excluding carboxylic acids is 3. The average Bonchev–Trinajstić information content (AvgIpc) is 1.25. The number of esters is 2. The van der Waals surface area contributed by atoms with Crippen LogP contribution in [0, 0.1) is 0 Å². The highest BCUT2D eigenvalue weighted by atomic mass is 16.7. The summed E-state index contributed by atoms with van der Waals surface area (Å²) in [6, 6.07) is 0. The van der Waals surface area contributed by atoms with Crippen molar-refractivity contribution < 1.29 is 42.9 Å². The molecule has 0 heterocycles. The summed E-state index contributed by atoms with van der Waals surface area (Å²) < 4.78 is 22.9. The lowest BCUT2D eigenvalue weighted by molar-refractivity contribution is -0.870. The third-order valence-electron chi connectivity index (χ3n) is 17.1. The highest BCUT2D eigenvalue weighted by Gasteiger charge is 2.22. The lowest BCUT2D eigenvalue weighted by Gasteiger charge is -2.26. The minimum absolute atomic E-state index is 0.141. The zero-order valence-electron chi connectivity index (χ0n) is 65.5. The van der Waals surface area contributed by atoms with E-state index >= 15 is 0 Å². The van der Waals surface area contributed by atoms with Crippen molar-refractivity contribution in [1.82, 2.24) is 0 Å². The molecule has 0 aliphatic rings. The van der Waals surface area contributed by atoms with Gasteiger partial charge < -0.3 is 33.3 Å². The molecule has 0 aromatic rings. The van der Waals surface area contributed by atoms with Gasteiger partial charge in [0.25, 0.3) is 0 Å². The number of quaternary nitrogens is 1. The number of unbranched alkanes of at least 4 members (excludes halogenated alkanes) is 29. The zero-order chi connectivity index (χ0) is 73.2. The van der Waals surface area contributed by atoms with Gasteiger partial charge in [0.2, 0.25) is 0 Å². The topological polar surface area (TPSA) is 111 Å². The largest absolute Gasteiger partial charge is 0.545 e. The van der Waals surface area contributed by atoms with E-state index in [2.05, 4.69) is 196 Å². The SMILES string of the molecule is CC/C=C\C/C=C\C/C=C\C/C=C\C/C=C\C/C=C\C/C=C\C/C=C\CCCCCCCCCCCCCCC(=O)OC(COC(=O)CCCCCCCCCCCCCCCCCCC/C=C\C/C=C\C/C=C\C/C=C\C/C=C\C/C=C\C/C=C\CC)COC(OCC[N+](C)(C)C)C(=O)[O-]. The van der Waals surface area contributed by atoms with Crippen molar-refractivity contribution in [2.75, 3.05) is 47.5 Å². The van der Waals surface area contributed by atoms with Gasteiger partial charge in [-0.05, 0) is 135 Å². The Morgan fingerprint density at radius 2 is 0.535 bits per heavy atom. The number of aliphatic carboxylic acids is 1. The lowest BCUT2D eigenvalue weighted by Crippen LogP contribution is -2.44. The number of likely N-dealkylation sites (N-methyl/N-ethyl adjacent to an activating group) is 1. The molecule has 9 heteroatoms. The monoisotopic (exact) mass is 1400 g/mol. The number of allylic oxidation sites excluding steroid dienone is 30. The Kier molecular flexibility index (Phi) is 75.6. The van der Waals surface area contributed by atoms with E-state index < -0.39 is 24.3 Å². The molecule has 0 aliphatic carbocycles. The number of rotatable bonds is 74. The Hall–Kier alpha value is -5.61. The molecule has 9 nitrogen and oxygen atoms in total. The van der Waals surface area contributed by atoms with Crippen molar-refractivity contribution in [3.05, 3.63) is 182 Å². The molecule has 2 atom stereocenters. The summed E-state index contributed by atoms with van der Waals surface area (Å²) in [5.41, 5.74) is 0. The van der Waals surface area contributed by atoms with Gasteiger partial charge in [0.15, 0.2) is 12.4 Å². The van der Waals surface area contributed by atoms with E-state index in [4.69, 9.17) is 18.9 Å². The van der Waals surface area contributed by atoms with Crippen LogP contribution in [-0.2, 0) is 33.3 Å². The fourth-order valence-corrected chi connectivity index (χ4v) is 11.0. The van der Waals surface area contributed by atoms with Crippen LogP contribution in [0.15, 0.2) is 182 Å². The highest BCUT2D eigenvalue weighted by molar-refractivity contribution is 5.70. The summed E-state index contributed by atoms with van der Waals surface area (Å²) in [7, 11) is 5.93. The van der Waals surface area contributed by atoms with E-state index in [1.807, 2.05) is 21.1 Å². The normalized spacial score (nSPS) is 13.6. The second-order valence-corrected chi connectivity index (χ2v) is 27.9. The van der Waals surface area contributed by atoms with Crippen molar-refractivity contribution in [3.63, 3.8) is 0 Å². The van der Waals surface area contributed by atoms with Crippen LogP contribution in [0.2, 0.25) is 0 Å². The van der Waals surface area contributed by atoms with Gasteiger partial charge in [-0.3, -0.25) is 9.59 Å². The Balaban J connectivity index is 4.07. The van der Waals surface area contributed by atoms with Gasteiger partial charge in [-0.15, -0.1) is 0 Å². The van der Waals surface area contributed by atoms with E-state index in [9.17, 15) is 19.5 Å². The van der Waals surface area contributed by atoms with Crippen molar-refractivity contribution >= 4 is 17.9 Å². The first-order chi connectivity index (χ1) is 49.6. The third-order valence-corrected chi connectivity index (χ3v) is 17.1. The predicted octanol–water partition coefficient (Wildman–Crippen LogP) is 25.4. The van der Waals surface area contributed by atoms with Crippen molar-refractivity contribution in [2.45, 2.75) is 334 Å². The smallest absolute Gasteiger partial charge is 0.306 e. The van der Waals surface area contributed by atoms with Gasteiger partial charge >= 0.3 is 11.9 Å². The summed E-state index contributed by atoms with van der Waals surface area (Å²) in [6.45, 7) is 4.53. The lowest BCUT2D eigenvalue weighted by atomic mass is 10.0. The maximum Gasteiger partial charge on any atom is 0.306 e. The molecule has 0 aromatic carbocycles. The maximum atomic E-state index is 13.0. The number of nitrogens with zero attached hydrogens (tertiary/aromatic N) is 1. The molecule has 0 fully saturated rings. The number of carboxylic acids is 1. The van der Waals surface area contributed by atoms with Crippen LogP contribution >= 0.6 is 0 Å². The molecule has 101 heavy (non-hydrogen) atoms. The van der Waals surface area contributed by atoms with Crippen molar-refractivity contribution in [2.24, 2.45) is 0 Å². The molecular weight excluding hydrogens is 1250 g/mol. The minimum atomic E-state index is -1.63. The quantitative estimate of drug-likeness (QED) is 0.0195. The molecule has 0 aromatic heterocycles. The van der Waals surface area contributed by atoms with E-state index in [0.29, 0.717) is 17.4 Å². The fraction of sp³-hybridized carbons (Fsp3) is 0.641. The first-order valence-electron chi connectivity index (χ1n) is 40.9. The Morgan fingerprint density at radius 1 is 0.297 bits per heavy atom. The Labute approximate surface area is 621 Å². The average molecular weight is 1400 g/mol. The highest BCUT2D eigenvalue weighted by Crippen LogP contribution is 2.18. The van der Waals surface area contributed by atoms with Crippen molar-refractivity contribution in [3.8, 4) is 0 Å². The molecule has 0 amide bonds. The van der Waals surface area contributed by atoms with Gasteiger partial charge in [0, 0.05) is 12.8 Å². The minimum Gasteiger partial charge on any atom is -0.545 e. The standard InChI is InChI=1S/C92H151NO8/c1-6-8-10-12-14-16-18-20-22-24-26-28-30-32-34-36-38-40-42-44-45-47-48-50-52-54-56-58-60-62-64-66-68-70-72-74-76-78-80-82-89(94)99-86-88(87-100-92(91(96)97)98-85-84-93(3,4)5)101-90(95)83-81-79-77-75-73-71-69-67-65-63-61-59-57-55-53-51-49-46-43-41-39-37-35-33-31-29-27-25-23-21-19-17-15-13-11-9-7-2/h8-11,14-17,20-23,26-29,32-35,38-41,44-46,49,53,55,88,92H,6-7,12-13,18-19,24-25,30-31,36-37,42-43,47-48,50-52,54,56-87H2,1-5H3/b10-8-,11-9-,16-14-,17-15-,22-20-,23-21-,28-26-,29-27-,34-32-,35-33-,40-38-,41-39-,45-44-,49-46-,55-53-. The molecule has 2 unspecified atom stereocenters. The summed E-state index contributed by atoms with van der Waals surface area (Å²) in [5.74, 6) is -2.29. The number of hydrogen-bond acceptors (Lipinski definition) is 8. The molecule has 0 aliphatic heterocycles. The van der Waals surface area contributed by atoms with E-state index in [1.165, 1.54) is 148 Å². The van der Waals surface area contributed by atoms with Crippen LogP contribution in [0.1, 0.15) is 322 Å². The zero-order valence-corrected chi connectivity index (χ0v) is 65.5. The summed E-state index contributed by atoms with van der Waals surface area (Å²) in [4.78, 5) is 37.6. The fourth-order valence-electron chi connectivity index (χ4n) is 11.0. The van der Waals surface area contributed by atoms with E-state index in [-0.39, 0.29) is 38.6 Å². The third kappa shape index (κ3) is 81.6. The second kappa shape index (κ2) is 80.1. The predicted molar refractivity (Wildman–Crippen MR) is 435 cm³/mol. The van der Waals surface area contributed by atoms with Crippen LogP contribution in [-0.4, -0.2) is 82.3 Å². The number of ether oxygens (including phenoxy) is 4. The van der Waals surface area contributed by atoms with Crippen LogP contribution in [0.3, 0.4) is 0 Å². The molecular formula is C92H151NO8. The molecule has 0 spiro atoms. The maximum absolute atomic E-state index is 13.0. The second-order valence-electron chi connectivity index (χ2n) is 27.9. The van der Waals surface area contributed by atoms with Crippen LogP contribution in [0.5, 0.6) is 0 Å².